The smallest absolute Gasteiger partial charge is 0.305 e. The summed E-state index contributed by atoms with van der Waals surface area (Å²) < 4.78 is 10.4. The van der Waals surface area contributed by atoms with E-state index in [1.165, 1.54) is 18.2 Å². The van der Waals surface area contributed by atoms with Crippen LogP contribution in [0.1, 0.15) is 61.7 Å². The first kappa shape index (κ1) is 22.1. The van der Waals surface area contributed by atoms with Gasteiger partial charge in [0.15, 0.2) is 0 Å². The molecule has 0 aliphatic heterocycles. The summed E-state index contributed by atoms with van der Waals surface area (Å²) in [5.74, 6) is 0.783. The van der Waals surface area contributed by atoms with Gasteiger partial charge in [0.2, 0.25) is 5.82 Å². The first-order valence-corrected chi connectivity index (χ1v) is 11.2. The van der Waals surface area contributed by atoms with Crippen molar-refractivity contribution >= 4 is 5.97 Å². The zero-order chi connectivity index (χ0) is 22.9. The van der Waals surface area contributed by atoms with Crippen molar-refractivity contribution in [3.05, 3.63) is 46.5 Å². The first-order valence-electron chi connectivity index (χ1n) is 11.2. The summed E-state index contributed by atoms with van der Waals surface area (Å²) in [6.07, 6.45) is 8.55. The highest BCUT2D eigenvalue weighted by molar-refractivity contribution is 5.69. The van der Waals surface area contributed by atoms with Crippen LogP contribution in [0.4, 0.5) is 0 Å². The monoisotopic (exact) mass is 434 g/mol. The van der Waals surface area contributed by atoms with E-state index in [1.807, 2.05) is 19.3 Å². The summed E-state index contributed by atoms with van der Waals surface area (Å²) in [6.45, 7) is 8.59. The van der Waals surface area contributed by atoms with Crippen LogP contribution >= 0.6 is 0 Å². The molecule has 3 heterocycles. The number of hydrogen-bond donors (Lipinski definition) is 0. The van der Waals surface area contributed by atoms with Crippen molar-refractivity contribution < 1.29 is 14.1 Å². The number of nitrogens with zero attached hydrogens (tertiary/aromatic N) is 4. The third kappa shape index (κ3) is 4.42. The maximum Gasteiger partial charge on any atom is 0.305 e. The largest absolute Gasteiger partial charge is 0.469 e. The number of fused-ring (bicyclic) bond motifs is 1. The molecule has 3 aromatic heterocycles. The molecule has 0 aromatic carbocycles. The third-order valence-electron chi connectivity index (χ3n) is 6.32. The highest BCUT2D eigenvalue weighted by atomic mass is 16.5. The molecule has 1 aliphatic carbocycles. The average Bonchev–Trinajstić information content (AvgIpc) is 3.26. The Balaban J connectivity index is 1.66. The minimum Gasteiger partial charge on any atom is -0.469 e. The van der Waals surface area contributed by atoms with Crippen molar-refractivity contribution in [1.29, 1.82) is 0 Å². The molecule has 3 aromatic rings. The van der Waals surface area contributed by atoms with E-state index in [9.17, 15) is 4.79 Å². The van der Waals surface area contributed by atoms with Gasteiger partial charge in [0, 0.05) is 35.8 Å². The zero-order valence-corrected chi connectivity index (χ0v) is 19.5. The van der Waals surface area contributed by atoms with Crippen LogP contribution in [0.15, 0.2) is 23.0 Å². The Morgan fingerprint density at radius 3 is 2.78 bits per heavy atom. The Hall–Kier alpha value is -3.09. The summed E-state index contributed by atoms with van der Waals surface area (Å²) in [4.78, 5) is 25.5. The van der Waals surface area contributed by atoms with Gasteiger partial charge < -0.3 is 9.26 Å². The van der Waals surface area contributed by atoms with E-state index in [4.69, 9.17) is 19.2 Å². The molecule has 0 fully saturated rings. The summed E-state index contributed by atoms with van der Waals surface area (Å²) in [5.41, 5.74) is 7.36. The quantitative estimate of drug-likeness (QED) is 0.520. The van der Waals surface area contributed by atoms with Crippen LogP contribution in [0.25, 0.3) is 22.8 Å². The lowest BCUT2D eigenvalue weighted by Crippen LogP contribution is -2.22. The lowest BCUT2D eigenvalue weighted by atomic mass is 9.74. The van der Waals surface area contributed by atoms with Crippen molar-refractivity contribution in [2.75, 3.05) is 7.11 Å². The molecule has 32 heavy (non-hydrogen) atoms. The fourth-order valence-electron chi connectivity index (χ4n) is 4.44. The second-order valence-electron chi connectivity index (χ2n) is 9.25. The molecular formula is C25H30N4O3. The van der Waals surface area contributed by atoms with E-state index in [0.717, 1.165) is 53.8 Å². The van der Waals surface area contributed by atoms with Gasteiger partial charge in [0.1, 0.15) is 0 Å². The number of hydrogen-bond acceptors (Lipinski definition) is 7. The first-order chi connectivity index (χ1) is 15.3. The Kier molecular flexibility index (Phi) is 6.09. The number of aryl methyl sites for hydroxylation is 3. The van der Waals surface area contributed by atoms with Gasteiger partial charge in [-0.2, -0.15) is 4.98 Å². The second kappa shape index (κ2) is 8.81. The molecule has 0 amide bonds. The summed E-state index contributed by atoms with van der Waals surface area (Å²) in [6, 6.07) is 2.06. The molecule has 1 aliphatic rings. The standard InChI is InChI=1S/C25H30N4O3/c1-6-16-11-19(15(2)27-21(16)7-8-22(30)31-5)23-28-24(32-29-23)20-14-26-13-17-12-25(3,4)10-9-18(17)20/h11,13-14H,6-10,12H2,1-5H3. The van der Waals surface area contributed by atoms with E-state index < -0.39 is 0 Å². The van der Waals surface area contributed by atoms with Crippen LogP contribution in [-0.4, -0.2) is 33.2 Å². The molecule has 7 nitrogen and oxygen atoms in total. The SMILES string of the molecule is CCc1cc(-c2noc(-c3cncc4c3CCC(C)(C)C4)n2)c(C)nc1CCC(=O)OC. The van der Waals surface area contributed by atoms with Crippen LogP contribution in [0.3, 0.4) is 0 Å². The van der Waals surface area contributed by atoms with E-state index in [2.05, 4.69) is 37.0 Å². The molecule has 0 spiro atoms. The Morgan fingerprint density at radius 2 is 2.03 bits per heavy atom. The predicted octanol–water partition coefficient (Wildman–Crippen LogP) is 4.68. The van der Waals surface area contributed by atoms with Crippen molar-refractivity contribution in [1.82, 2.24) is 20.1 Å². The van der Waals surface area contributed by atoms with E-state index in [0.29, 0.717) is 24.6 Å². The number of esters is 1. The number of pyridine rings is 2. The second-order valence-corrected chi connectivity index (χ2v) is 9.25. The number of ether oxygens (including phenoxy) is 1. The minimum absolute atomic E-state index is 0.235. The van der Waals surface area contributed by atoms with E-state index in [-0.39, 0.29) is 11.4 Å². The van der Waals surface area contributed by atoms with Crippen molar-refractivity contribution in [2.45, 2.75) is 66.2 Å². The van der Waals surface area contributed by atoms with Crippen molar-refractivity contribution in [3.63, 3.8) is 0 Å². The van der Waals surface area contributed by atoms with Crippen LogP contribution in [0.5, 0.6) is 0 Å². The molecule has 0 saturated carbocycles. The summed E-state index contributed by atoms with van der Waals surface area (Å²) >= 11 is 0. The Labute approximate surface area is 188 Å². The molecule has 0 atom stereocenters. The number of carbonyl (C=O) groups excluding carboxylic acids is 1. The van der Waals surface area contributed by atoms with Gasteiger partial charge in [-0.15, -0.1) is 0 Å². The molecule has 0 radical (unpaired) electrons. The number of aromatic nitrogens is 4. The van der Waals surface area contributed by atoms with Gasteiger partial charge in [-0.05, 0) is 60.8 Å². The average molecular weight is 435 g/mol. The normalized spacial score (nSPS) is 14.8. The van der Waals surface area contributed by atoms with Crippen LogP contribution in [0.2, 0.25) is 0 Å². The Morgan fingerprint density at radius 1 is 1.22 bits per heavy atom. The molecule has 7 heteroatoms. The highest BCUT2D eigenvalue weighted by Gasteiger charge is 2.28. The Bertz CT molecular complexity index is 1150. The van der Waals surface area contributed by atoms with Gasteiger partial charge in [0.25, 0.3) is 5.89 Å². The summed E-state index contributed by atoms with van der Waals surface area (Å²) in [5, 5.41) is 4.27. The summed E-state index contributed by atoms with van der Waals surface area (Å²) in [7, 11) is 1.40. The molecule has 0 N–H and O–H groups in total. The maximum absolute atomic E-state index is 11.5. The molecule has 0 bridgehead atoms. The highest BCUT2D eigenvalue weighted by Crippen LogP contribution is 2.38. The fraction of sp³-hybridized carbons (Fsp3) is 0.480. The van der Waals surface area contributed by atoms with Crippen molar-refractivity contribution in [2.24, 2.45) is 5.41 Å². The maximum atomic E-state index is 11.5. The van der Waals surface area contributed by atoms with E-state index >= 15 is 0 Å². The van der Waals surface area contributed by atoms with Gasteiger partial charge in [-0.1, -0.05) is 25.9 Å². The van der Waals surface area contributed by atoms with Gasteiger partial charge >= 0.3 is 5.97 Å². The van der Waals surface area contributed by atoms with Crippen molar-refractivity contribution in [3.8, 4) is 22.8 Å². The molecule has 0 saturated heterocycles. The molecule has 0 unspecified atom stereocenters. The van der Waals surface area contributed by atoms with Crippen LogP contribution < -0.4 is 0 Å². The van der Waals surface area contributed by atoms with Gasteiger partial charge in [0.05, 0.1) is 19.1 Å². The minimum atomic E-state index is -0.235. The van der Waals surface area contributed by atoms with E-state index in [1.54, 1.807) is 0 Å². The predicted molar refractivity (Wildman–Crippen MR) is 121 cm³/mol. The number of carbonyl (C=O) groups is 1. The fourth-order valence-corrected chi connectivity index (χ4v) is 4.44. The zero-order valence-electron chi connectivity index (χ0n) is 19.5. The molecule has 4 rings (SSSR count). The number of rotatable bonds is 6. The topological polar surface area (TPSA) is 91.0 Å². The lowest BCUT2D eigenvalue weighted by molar-refractivity contribution is -0.140. The molecular weight excluding hydrogens is 404 g/mol. The van der Waals surface area contributed by atoms with Gasteiger partial charge in [-0.3, -0.25) is 14.8 Å². The molecule has 168 valence electrons. The third-order valence-corrected chi connectivity index (χ3v) is 6.32. The van der Waals surface area contributed by atoms with Crippen LogP contribution in [-0.2, 0) is 35.2 Å². The van der Waals surface area contributed by atoms with Gasteiger partial charge in [-0.25, -0.2) is 0 Å². The lowest BCUT2D eigenvalue weighted by Gasteiger charge is -2.31. The van der Waals surface area contributed by atoms with Crippen LogP contribution in [0, 0.1) is 12.3 Å². The number of methoxy groups -OCH3 is 1.